The molecule has 1 aromatic rings. The molecule has 0 saturated carbocycles. The molecule has 0 saturated heterocycles. The van der Waals surface area contributed by atoms with Crippen LogP contribution in [0.3, 0.4) is 0 Å². The first-order valence-corrected chi connectivity index (χ1v) is 6.34. The first kappa shape index (κ1) is 13.6. The van der Waals surface area contributed by atoms with E-state index < -0.39 is 31.6 Å². The van der Waals surface area contributed by atoms with E-state index in [4.69, 9.17) is 15.9 Å². The molecule has 0 radical (unpaired) electrons. The summed E-state index contributed by atoms with van der Waals surface area (Å²) in [5, 5.41) is 7.61. The van der Waals surface area contributed by atoms with Crippen LogP contribution in [0.15, 0.2) is 11.1 Å². The topological polar surface area (TPSA) is 80.0 Å². The van der Waals surface area contributed by atoms with Gasteiger partial charge in [-0.25, -0.2) is 17.2 Å². The van der Waals surface area contributed by atoms with Crippen molar-refractivity contribution in [2.45, 2.75) is 11.5 Å². The van der Waals surface area contributed by atoms with E-state index in [9.17, 15) is 17.2 Å². The molecule has 5 nitrogen and oxygen atoms in total. The summed E-state index contributed by atoms with van der Waals surface area (Å²) in [6.07, 6.45) is -3.19. The molecule has 0 aliphatic heterocycles. The van der Waals surface area contributed by atoms with E-state index in [1.807, 2.05) is 0 Å². The van der Waals surface area contributed by atoms with Gasteiger partial charge >= 0.3 is 0 Å². The van der Waals surface area contributed by atoms with E-state index in [2.05, 4.69) is 9.72 Å². The highest BCUT2D eigenvalue weighted by atomic mass is 35.7. The van der Waals surface area contributed by atoms with Crippen molar-refractivity contribution in [2.75, 3.05) is 7.11 Å². The van der Waals surface area contributed by atoms with E-state index in [-0.39, 0.29) is 5.88 Å². The lowest BCUT2D eigenvalue weighted by molar-refractivity contribution is 0.146. The van der Waals surface area contributed by atoms with Crippen LogP contribution in [0, 0.1) is 11.3 Å². The van der Waals surface area contributed by atoms with Gasteiger partial charge in [0.05, 0.1) is 24.3 Å². The molecule has 17 heavy (non-hydrogen) atoms. The monoisotopic (exact) mass is 282 g/mol. The van der Waals surface area contributed by atoms with Gasteiger partial charge in [-0.05, 0) is 0 Å². The van der Waals surface area contributed by atoms with Gasteiger partial charge in [-0.2, -0.15) is 10.2 Å². The molecule has 0 fully saturated rings. The maximum Gasteiger partial charge on any atom is 0.279 e. The van der Waals surface area contributed by atoms with E-state index in [0.29, 0.717) is 0 Å². The molecule has 0 spiro atoms. The maximum absolute atomic E-state index is 12.7. The van der Waals surface area contributed by atoms with Gasteiger partial charge < -0.3 is 4.74 Å². The van der Waals surface area contributed by atoms with Crippen molar-refractivity contribution < 1.29 is 21.9 Å². The Balaban J connectivity index is 3.72. The normalized spacial score (nSPS) is 11.3. The Labute approximate surface area is 100 Å². The van der Waals surface area contributed by atoms with Gasteiger partial charge in [-0.3, -0.25) is 0 Å². The minimum atomic E-state index is -4.49. The number of rotatable bonds is 3. The fraction of sp³-hybridized carbons (Fsp3) is 0.250. The number of aromatic nitrogens is 1. The Morgan fingerprint density at radius 1 is 1.59 bits per heavy atom. The third kappa shape index (κ3) is 2.81. The van der Waals surface area contributed by atoms with E-state index in [1.165, 1.54) is 6.07 Å². The van der Waals surface area contributed by atoms with Gasteiger partial charge in [-0.15, -0.1) is 0 Å². The number of methoxy groups -OCH3 is 1. The van der Waals surface area contributed by atoms with Gasteiger partial charge in [0.2, 0.25) is 5.88 Å². The molecule has 0 amide bonds. The van der Waals surface area contributed by atoms with Crippen LogP contribution in [0.5, 0.6) is 5.88 Å². The molecule has 9 heteroatoms. The number of hydrogen-bond acceptors (Lipinski definition) is 5. The summed E-state index contributed by atoms with van der Waals surface area (Å²) in [4.78, 5) is 3.32. The zero-order chi connectivity index (χ0) is 13.2. The molecule has 1 rings (SSSR count). The Hall–Kier alpha value is -1.46. The van der Waals surface area contributed by atoms with E-state index in [1.54, 1.807) is 0 Å². The van der Waals surface area contributed by atoms with Gasteiger partial charge in [0.25, 0.3) is 15.5 Å². The predicted octanol–water partition coefficient (Wildman–Crippen LogP) is 1.83. The Morgan fingerprint density at radius 3 is 2.53 bits per heavy atom. The fourth-order valence-electron chi connectivity index (χ4n) is 1.10. The van der Waals surface area contributed by atoms with Crippen LogP contribution in [0.4, 0.5) is 8.78 Å². The summed E-state index contributed by atoms with van der Waals surface area (Å²) in [7, 11) is 1.63. The third-order valence-electron chi connectivity index (χ3n) is 1.78. The molecule has 1 aromatic heterocycles. The largest absolute Gasteiger partial charge is 0.481 e. The van der Waals surface area contributed by atoms with Crippen molar-refractivity contribution in [2.24, 2.45) is 0 Å². The number of ether oxygens (including phenoxy) is 1. The second-order valence-electron chi connectivity index (χ2n) is 2.78. The number of halogens is 3. The molecular weight excluding hydrogens is 278 g/mol. The molecule has 0 N–H and O–H groups in total. The van der Waals surface area contributed by atoms with Crippen LogP contribution in [-0.2, 0) is 9.05 Å². The molecule has 0 atom stereocenters. The number of pyridine rings is 1. The smallest absolute Gasteiger partial charge is 0.279 e. The standard InChI is InChI=1S/C8H5ClF2N2O3S/c1-16-5-2-4(3-12)6(7(10)11)8(13-5)17(9,14)15/h2,7H,1H3. The third-order valence-corrected chi connectivity index (χ3v) is 2.99. The van der Waals surface area contributed by atoms with E-state index >= 15 is 0 Å². The molecule has 0 aliphatic rings. The van der Waals surface area contributed by atoms with Crippen molar-refractivity contribution in [3.05, 3.63) is 17.2 Å². The SMILES string of the molecule is COc1cc(C#N)c(C(F)F)c(S(=O)(=O)Cl)n1. The van der Waals surface area contributed by atoms with Gasteiger partial charge in [0.15, 0.2) is 5.03 Å². The zero-order valence-corrected chi connectivity index (χ0v) is 9.89. The highest BCUT2D eigenvalue weighted by Gasteiger charge is 2.28. The minimum Gasteiger partial charge on any atom is -0.481 e. The number of nitriles is 1. The summed E-state index contributed by atoms with van der Waals surface area (Å²) in [5.74, 6) is -0.287. The molecule has 92 valence electrons. The van der Waals surface area contributed by atoms with Crippen molar-refractivity contribution in [3.8, 4) is 11.9 Å². The van der Waals surface area contributed by atoms with Crippen molar-refractivity contribution in [1.82, 2.24) is 4.98 Å². The van der Waals surface area contributed by atoms with Crippen LogP contribution in [0.2, 0.25) is 0 Å². The lowest BCUT2D eigenvalue weighted by Gasteiger charge is -2.09. The summed E-state index contributed by atoms with van der Waals surface area (Å²) >= 11 is 0. The summed E-state index contributed by atoms with van der Waals surface area (Å²) in [6.45, 7) is 0. The number of nitrogens with zero attached hydrogens (tertiary/aromatic N) is 2. The summed E-state index contributed by atoms with van der Waals surface area (Å²) in [6, 6.07) is 2.35. The fourth-order valence-corrected chi connectivity index (χ4v) is 2.12. The van der Waals surface area contributed by atoms with Crippen LogP contribution in [0.25, 0.3) is 0 Å². The molecule has 1 heterocycles. The lowest BCUT2D eigenvalue weighted by Crippen LogP contribution is -2.06. The van der Waals surface area contributed by atoms with Crippen molar-refractivity contribution >= 4 is 19.7 Å². The zero-order valence-electron chi connectivity index (χ0n) is 8.32. The average Bonchev–Trinajstić information content (AvgIpc) is 2.25. The first-order valence-electron chi connectivity index (χ1n) is 4.03. The molecule has 0 aromatic carbocycles. The van der Waals surface area contributed by atoms with Gasteiger partial charge in [0, 0.05) is 16.7 Å². The number of hydrogen-bond donors (Lipinski definition) is 0. The van der Waals surface area contributed by atoms with E-state index in [0.717, 1.165) is 13.2 Å². The van der Waals surface area contributed by atoms with Crippen LogP contribution in [0.1, 0.15) is 17.6 Å². The summed E-state index contributed by atoms with van der Waals surface area (Å²) < 4.78 is 52.2. The molecule has 0 aliphatic carbocycles. The van der Waals surface area contributed by atoms with Crippen LogP contribution in [-0.4, -0.2) is 20.5 Å². The second-order valence-corrected chi connectivity index (χ2v) is 5.26. The number of alkyl halides is 2. The lowest BCUT2D eigenvalue weighted by atomic mass is 10.1. The molecular formula is C8H5ClF2N2O3S. The molecule has 0 unspecified atom stereocenters. The van der Waals surface area contributed by atoms with Crippen LogP contribution >= 0.6 is 10.7 Å². The average molecular weight is 283 g/mol. The Bertz CT molecular complexity index is 583. The minimum absolute atomic E-state index is 0.287. The van der Waals surface area contributed by atoms with Gasteiger partial charge in [0.1, 0.15) is 0 Å². The molecule has 0 bridgehead atoms. The van der Waals surface area contributed by atoms with Crippen molar-refractivity contribution in [1.29, 1.82) is 5.26 Å². The van der Waals surface area contributed by atoms with Gasteiger partial charge in [-0.1, -0.05) is 0 Å². The summed E-state index contributed by atoms with van der Waals surface area (Å²) in [5.41, 5.74) is -1.57. The van der Waals surface area contributed by atoms with Crippen LogP contribution < -0.4 is 4.74 Å². The highest BCUT2D eigenvalue weighted by molar-refractivity contribution is 8.13. The Morgan fingerprint density at radius 2 is 2.18 bits per heavy atom. The van der Waals surface area contributed by atoms with Crippen molar-refractivity contribution in [3.63, 3.8) is 0 Å². The quantitative estimate of drug-likeness (QED) is 0.790. The second kappa shape index (κ2) is 4.81. The highest BCUT2D eigenvalue weighted by Crippen LogP contribution is 2.32. The first-order chi connectivity index (χ1) is 7.81. The predicted molar refractivity (Wildman–Crippen MR) is 53.5 cm³/mol. The maximum atomic E-state index is 12.7. The Kier molecular flexibility index (Phi) is 3.85.